The number of oxazole rings is 1. The predicted molar refractivity (Wildman–Crippen MR) is 58.4 cm³/mol. The molecule has 1 aromatic heterocycles. The van der Waals surface area contributed by atoms with E-state index >= 15 is 0 Å². The van der Waals surface area contributed by atoms with Crippen LogP contribution in [0.25, 0.3) is 0 Å². The summed E-state index contributed by atoms with van der Waals surface area (Å²) in [5.74, 6) is 3.79. The fourth-order valence-electron chi connectivity index (χ4n) is 1.63. The van der Waals surface area contributed by atoms with Crippen LogP contribution in [-0.2, 0) is 0 Å². The van der Waals surface area contributed by atoms with Crippen LogP contribution < -0.4 is 5.73 Å². The molecule has 0 radical (unpaired) electrons. The molecule has 0 aliphatic carbocycles. The Morgan fingerprint density at radius 3 is 3.14 bits per heavy atom. The zero-order valence-electron chi connectivity index (χ0n) is 8.40. The van der Waals surface area contributed by atoms with Gasteiger partial charge < -0.3 is 10.2 Å². The molecule has 2 heterocycles. The molecule has 0 bridgehead atoms. The SMILES string of the molecule is CC(N)c1coc(C2CCCSC2)n1. The molecule has 78 valence electrons. The van der Waals surface area contributed by atoms with Gasteiger partial charge in [-0.2, -0.15) is 11.8 Å². The first kappa shape index (κ1) is 10.1. The molecule has 14 heavy (non-hydrogen) atoms. The highest BCUT2D eigenvalue weighted by molar-refractivity contribution is 7.99. The van der Waals surface area contributed by atoms with Gasteiger partial charge in [-0.1, -0.05) is 0 Å². The van der Waals surface area contributed by atoms with Crippen LogP contribution in [-0.4, -0.2) is 16.5 Å². The van der Waals surface area contributed by atoms with Gasteiger partial charge in [-0.05, 0) is 25.5 Å². The summed E-state index contributed by atoms with van der Waals surface area (Å²) in [6.07, 6.45) is 4.16. The number of nitrogens with two attached hydrogens (primary N) is 1. The minimum absolute atomic E-state index is 0.0243. The molecule has 2 rings (SSSR count). The molecule has 0 aromatic carbocycles. The highest BCUT2D eigenvalue weighted by Gasteiger charge is 2.21. The molecule has 3 nitrogen and oxygen atoms in total. The van der Waals surface area contributed by atoms with Crippen LogP contribution in [0.3, 0.4) is 0 Å². The Balaban J connectivity index is 2.07. The van der Waals surface area contributed by atoms with Crippen molar-refractivity contribution in [1.29, 1.82) is 0 Å². The minimum Gasteiger partial charge on any atom is -0.448 e. The van der Waals surface area contributed by atoms with Crippen molar-refractivity contribution >= 4 is 11.8 Å². The third-order valence-corrected chi connectivity index (χ3v) is 3.73. The normalized spacial score (nSPS) is 24.9. The van der Waals surface area contributed by atoms with E-state index in [1.165, 1.54) is 18.6 Å². The second kappa shape index (κ2) is 4.36. The molecule has 1 aliphatic rings. The zero-order chi connectivity index (χ0) is 9.97. The average Bonchev–Trinajstić information content (AvgIpc) is 2.68. The Kier molecular flexibility index (Phi) is 3.13. The standard InChI is InChI=1S/C10H16N2OS/c1-7(11)9-5-13-10(12-9)8-3-2-4-14-6-8/h5,7-8H,2-4,6,11H2,1H3. The first-order valence-electron chi connectivity index (χ1n) is 5.06. The maximum absolute atomic E-state index is 5.73. The van der Waals surface area contributed by atoms with E-state index in [4.69, 9.17) is 10.2 Å². The Morgan fingerprint density at radius 1 is 1.71 bits per heavy atom. The first-order chi connectivity index (χ1) is 6.77. The quantitative estimate of drug-likeness (QED) is 0.817. The summed E-state index contributed by atoms with van der Waals surface area (Å²) in [5.41, 5.74) is 6.60. The van der Waals surface area contributed by atoms with E-state index in [-0.39, 0.29) is 6.04 Å². The molecule has 0 spiro atoms. The first-order valence-corrected chi connectivity index (χ1v) is 6.21. The largest absolute Gasteiger partial charge is 0.448 e. The van der Waals surface area contributed by atoms with E-state index in [0.717, 1.165) is 17.3 Å². The summed E-state index contributed by atoms with van der Waals surface area (Å²) in [7, 11) is 0. The highest BCUT2D eigenvalue weighted by Crippen LogP contribution is 2.30. The summed E-state index contributed by atoms with van der Waals surface area (Å²) >= 11 is 1.98. The smallest absolute Gasteiger partial charge is 0.198 e. The Bertz CT molecular complexity index is 292. The van der Waals surface area contributed by atoms with Gasteiger partial charge in [-0.25, -0.2) is 4.98 Å². The fourth-order valence-corrected chi connectivity index (χ4v) is 2.76. The summed E-state index contributed by atoms with van der Waals surface area (Å²) in [6.45, 7) is 1.93. The Hall–Kier alpha value is -0.480. The topological polar surface area (TPSA) is 52.0 Å². The molecular formula is C10H16N2OS. The summed E-state index contributed by atoms with van der Waals surface area (Å²) in [4.78, 5) is 4.43. The van der Waals surface area contributed by atoms with E-state index in [0.29, 0.717) is 5.92 Å². The lowest BCUT2D eigenvalue weighted by atomic mass is 10.1. The molecule has 1 saturated heterocycles. The van der Waals surface area contributed by atoms with Crippen molar-refractivity contribution in [1.82, 2.24) is 4.98 Å². The lowest BCUT2D eigenvalue weighted by Crippen LogP contribution is -2.10. The van der Waals surface area contributed by atoms with Gasteiger partial charge in [0.1, 0.15) is 6.26 Å². The number of aromatic nitrogens is 1. The molecule has 0 amide bonds. The van der Waals surface area contributed by atoms with Crippen LogP contribution in [0.1, 0.15) is 43.3 Å². The van der Waals surface area contributed by atoms with Gasteiger partial charge in [0.05, 0.1) is 5.69 Å². The lowest BCUT2D eigenvalue weighted by molar-refractivity contribution is 0.443. The second-order valence-electron chi connectivity index (χ2n) is 3.81. The van der Waals surface area contributed by atoms with Gasteiger partial charge in [0.25, 0.3) is 0 Å². The van der Waals surface area contributed by atoms with E-state index in [1.807, 2.05) is 18.7 Å². The van der Waals surface area contributed by atoms with Crippen molar-refractivity contribution in [2.45, 2.75) is 31.7 Å². The van der Waals surface area contributed by atoms with E-state index in [9.17, 15) is 0 Å². The van der Waals surface area contributed by atoms with Crippen LogP contribution in [0.15, 0.2) is 10.7 Å². The third kappa shape index (κ3) is 2.12. The molecule has 1 fully saturated rings. The Morgan fingerprint density at radius 2 is 2.57 bits per heavy atom. The molecule has 2 atom stereocenters. The van der Waals surface area contributed by atoms with E-state index in [2.05, 4.69) is 4.98 Å². The van der Waals surface area contributed by atoms with Crippen molar-refractivity contribution in [2.75, 3.05) is 11.5 Å². The number of thioether (sulfide) groups is 1. The van der Waals surface area contributed by atoms with E-state index in [1.54, 1.807) is 6.26 Å². The second-order valence-corrected chi connectivity index (χ2v) is 4.96. The van der Waals surface area contributed by atoms with Gasteiger partial charge in [-0.15, -0.1) is 0 Å². The van der Waals surface area contributed by atoms with Crippen LogP contribution in [0.4, 0.5) is 0 Å². The molecular weight excluding hydrogens is 196 g/mol. The van der Waals surface area contributed by atoms with Gasteiger partial charge in [0.2, 0.25) is 0 Å². The van der Waals surface area contributed by atoms with Crippen molar-refractivity contribution in [3.8, 4) is 0 Å². The average molecular weight is 212 g/mol. The summed E-state index contributed by atoms with van der Waals surface area (Å²) < 4.78 is 5.46. The van der Waals surface area contributed by atoms with Crippen molar-refractivity contribution in [3.05, 3.63) is 17.8 Å². The fraction of sp³-hybridized carbons (Fsp3) is 0.700. The molecule has 4 heteroatoms. The predicted octanol–water partition coefficient (Wildman–Crippen LogP) is 2.30. The number of rotatable bonds is 2. The monoisotopic (exact) mass is 212 g/mol. The maximum Gasteiger partial charge on any atom is 0.198 e. The van der Waals surface area contributed by atoms with Gasteiger partial charge in [0.15, 0.2) is 5.89 Å². The van der Waals surface area contributed by atoms with Gasteiger partial charge in [-0.3, -0.25) is 0 Å². The Labute approximate surface area is 88.5 Å². The lowest BCUT2D eigenvalue weighted by Gasteiger charge is -2.17. The molecule has 2 unspecified atom stereocenters. The maximum atomic E-state index is 5.73. The molecule has 1 aromatic rings. The van der Waals surface area contributed by atoms with E-state index < -0.39 is 0 Å². The minimum atomic E-state index is -0.0243. The van der Waals surface area contributed by atoms with Crippen molar-refractivity contribution in [3.63, 3.8) is 0 Å². The number of hydrogen-bond donors (Lipinski definition) is 1. The summed E-state index contributed by atoms with van der Waals surface area (Å²) in [6, 6.07) is -0.0243. The van der Waals surface area contributed by atoms with Crippen LogP contribution in [0.2, 0.25) is 0 Å². The number of nitrogens with zero attached hydrogens (tertiary/aromatic N) is 1. The number of hydrogen-bond acceptors (Lipinski definition) is 4. The molecule has 2 N–H and O–H groups in total. The van der Waals surface area contributed by atoms with Crippen LogP contribution in [0, 0.1) is 0 Å². The van der Waals surface area contributed by atoms with Gasteiger partial charge >= 0.3 is 0 Å². The molecule has 0 saturated carbocycles. The highest BCUT2D eigenvalue weighted by atomic mass is 32.2. The van der Waals surface area contributed by atoms with Crippen molar-refractivity contribution in [2.24, 2.45) is 5.73 Å². The third-order valence-electron chi connectivity index (χ3n) is 2.52. The van der Waals surface area contributed by atoms with Crippen LogP contribution in [0.5, 0.6) is 0 Å². The zero-order valence-corrected chi connectivity index (χ0v) is 9.22. The van der Waals surface area contributed by atoms with Crippen LogP contribution >= 0.6 is 11.8 Å². The van der Waals surface area contributed by atoms with Gasteiger partial charge in [0, 0.05) is 17.7 Å². The molecule has 1 aliphatic heterocycles. The van der Waals surface area contributed by atoms with Crippen molar-refractivity contribution < 1.29 is 4.42 Å². The summed E-state index contributed by atoms with van der Waals surface area (Å²) in [5, 5.41) is 0.